The Balaban J connectivity index is 1.60. The summed E-state index contributed by atoms with van der Waals surface area (Å²) in [6, 6.07) is 10.7. The molecule has 0 atom stereocenters. The van der Waals surface area contributed by atoms with Gasteiger partial charge in [0.15, 0.2) is 0 Å². The fourth-order valence-corrected chi connectivity index (χ4v) is 2.53. The Labute approximate surface area is 145 Å². The summed E-state index contributed by atoms with van der Waals surface area (Å²) in [5.41, 5.74) is 1.12. The molecular weight excluding hydrogens is 345 g/mol. The Kier molecular flexibility index (Phi) is 5.05. The molecule has 2 N–H and O–H groups in total. The summed E-state index contributed by atoms with van der Waals surface area (Å²) in [5, 5.41) is 12.7. The van der Waals surface area contributed by atoms with Crippen LogP contribution in [-0.2, 0) is 6.54 Å². The van der Waals surface area contributed by atoms with Gasteiger partial charge in [0.25, 0.3) is 11.8 Å². The van der Waals surface area contributed by atoms with E-state index in [-0.39, 0.29) is 16.6 Å². The first-order valence-corrected chi connectivity index (χ1v) is 8.02. The Morgan fingerprint density at radius 1 is 1.00 bits per heavy atom. The van der Waals surface area contributed by atoms with Gasteiger partial charge in [0.1, 0.15) is 5.82 Å². The molecule has 7 nitrogen and oxygen atoms in total. The Morgan fingerprint density at radius 2 is 1.72 bits per heavy atom. The molecule has 3 rings (SSSR count). The average molecular weight is 357 g/mol. The van der Waals surface area contributed by atoms with Crippen molar-refractivity contribution in [2.75, 3.05) is 5.32 Å². The highest BCUT2D eigenvalue weighted by Crippen LogP contribution is 2.14. The molecule has 2 heterocycles. The minimum atomic E-state index is -0.520. The van der Waals surface area contributed by atoms with E-state index in [4.69, 9.17) is 0 Å². The largest absolute Gasteiger partial charge is 0.344 e. The average Bonchev–Trinajstić information content (AvgIpc) is 3.13. The van der Waals surface area contributed by atoms with Crippen molar-refractivity contribution in [1.82, 2.24) is 20.5 Å². The Bertz CT molecular complexity index is 883. The zero-order chi connectivity index (χ0) is 17.6. The standard InChI is InChI=1S/C16H12FN5O2S/c17-10-4-6-11(7-5-10)20-14(24)16-22-21-15(25-16)13(23)19-9-12-3-1-2-8-18-12/h1-8H,9H2,(H,19,23)(H,20,24). The second-order valence-corrected chi connectivity index (χ2v) is 5.85. The van der Waals surface area contributed by atoms with Crippen LogP contribution in [0, 0.1) is 5.82 Å². The first kappa shape index (κ1) is 16.7. The summed E-state index contributed by atoms with van der Waals surface area (Å²) in [5.74, 6) is -1.36. The van der Waals surface area contributed by atoms with E-state index in [9.17, 15) is 14.0 Å². The van der Waals surface area contributed by atoms with E-state index in [0.29, 0.717) is 11.4 Å². The molecule has 0 spiro atoms. The number of nitrogens with zero attached hydrogens (tertiary/aromatic N) is 3. The van der Waals surface area contributed by atoms with Gasteiger partial charge in [-0.05, 0) is 36.4 Å². The van der Waals surface area contributed by atoms with E-state index in [0.717, 1.165) is 11.3 Å². The Hall–Kier alpha value is -3.20. The van der Waals surface area contributed by atoms with Crippen LogP contribution in [0.3, 0.4) is 0 Å². The first-order valence-electron chi connectivity index (χ1n) is 7.20. The molecule has 3 aromatic rings. The number of halogens is 1. The van der Waals surface area contributed by atoms with Crippen LogP contribution in [-0.4, -0.2) is 27.0 Å². The second kappa shape index (κ2) is 7.58. The topological polar surface area (TPSA) is 96.9 Å². The van der Waals surface area contributed by atoms with Gasteiger partial charge in [-0.25, -0.2) is 4.39 Å². The SMILES string of the molecule is O=C(NCc1ccccn1)c1nnc(C(=O)Nc2ccc(F)cc2)s1. The van der Waals surface area contributed by atoms with Crippen LogP contribution in [0.15, 0.2) is 48.7 Å². The number of hydrogen-bond donors (Lipinski definition) is 2. The molecule has 0 aliphatic rings. The number of aromatic nitrogens is 3. The first-order chi connectivity index (χ1) is 12.1. The van der Waals surface area contributed by atoms with E-state index >= 15 is 0 Å². The molecule has 2 aromatic heterocycles. The lowest BCUT2D eigenvalue weighted by atomic mass is 10.3. The van der Waals surface area contributed by atoms with Crippen LogP contribution in [0.2, 0.25) is 0 Å². The number of amides is 2. The molecule has 0 saturated heterocycles. The number of nitrogens with one attached hydrogen (secondary N) is 2. The summed E-state index contributed by atoms with van der Waals surface area (Å²) in [7, 11) is 0. The molecule has 0 bridgehead atoms. The highest BCUT2D eigenvalue weighted by molar-refractivity contribution is 7.15. The molecule has 1 aromatic carbocycles. The molecule has 0 aliphatic heterocycles. The van der Waals surface area contributed by atoms with Crippen LogP contribution in [0.25, 0.3) is 0 Å². The van der Waals surface area contributed by atoms with E-state index in [1.807, 2.05) is 6.07 Å². The molecule has 0 saturated carbocycles. The van der Waals surface area contributed by atoms with Gasteiger partial charge in [-0.3, -0.25) is 14.6 Å². The molecular formula is C16H12FN5O2S. The molecule has 126 valence electrons. The molecule has 25 heavy (non-hydrogen) atoms. The summed E-state index contributed by atoms with van der Waals surface area (Å²) in [6.45, 7) is 0.246. The summed E-state index contributed by atoms with van der Waals surface area (Å²) >= 11 is 0.866. The number of carbonyl (C=O) groups excluding carboxylic acids is 2. The van der Waals surface area contributed by atoms with Crippen molar-refractivity contribution >= 4 is 28.8 Å². The maximum Gasteiger partial charge on any atom is 0.286 e. The van der Waals surface area contributed by atoms with Crippen molar-refractivity contribution in [3.8, 4) is 0 Å². The zero-order valence-electron chi connectivity index (χ0n) is 12.8. The highest BCUT2D eigenvalue weighted by Gasteiger charge is 2.17. The second-order valence-electron chi connectivity index (χ2n) is 4.88. The predicted octanol–water partition coefficient (Wildman–Crippen LogP) is 2.25. The fraction of sp³-hybridized carbons (Fsp3) is 0.0625. The van der Waals surface area contributed by atoms with Crippen molar-refractivity contribution in [1.29, 1.82) is 0 Å². The lowest BCUT2D eigenvalue weighted by molar-refractivity contribution is 0.0948. The summed E-state index contributed by atoms with van der Waals surface area (Å²) < 4.78 is 12.9. The lowest BCUT2D eigenvalue weighted by Crippen LogP contribution is -2.23. The van der Waals surface area contributed by atoms with Gasteiger partial charge in [-0.15, -0.1) is 10.2 Å². The monoisotopic (exact) mass is 357 g/mol. The molecule has 0 radical (unpaired) electrons. The van der Waals surface area contributed by atoms with E-state index in [2.05, 4.69) is 25.8 Å². The minimum Gasteiger partial charge on any atom is -0.344 e. The van der Waals surface area contributed by atoms with Crippen molar-refractivity contribution in [2.24, 2.45) is 0 Å². The molecule has 0 unspecified atom stereocenters. The van der Waals surface area contributed by atoms with Crippen LogP contribution in [0.1, 0.15) is 25.3 Å². The quantitative estimate of drug-likeness (QED) is 0.730. The van der Waals surface area contributed by atoms with Gasteiger partial charge in [0, 0.05) is 11.9 Å². The van der Waals surface area contributed by atoms with E-state index in [1.54, 1.807) is 18.3 Å². The number of pyridine rings is 1. The maximum atomic E-state index is 12.9. The summed E-state index contributed by atoms with van der Waals surface area (Å²) in [4.78, 5) is 28.2. The van der Waals surface area contributed by atoms with Crippen molar-refractivity contribution < 1.29 is 14.0 Å². The highest BCUT2D eigenvalue weighted by atomic mass is 32.1. The van der Waals surface area contributed by atoms with Crippen LogP contribution < -0.4 is 10.6 Å². The van der Waals surface area contributed by atoms with E-state index < -0.39 is 17.6 Å². The lowest BCUT2D eigenvalue weighted by Gasteiger charge is -2.02. The number of benzene rings is 1. The third kappa shape index (κ3) is 4.42. The molecule has 2 amide bonds. The van der Waals surface area contributed by atoms with Gasteiger partial charge >= 0.3 is 0 Å². The van der Waals surface area contributed by atoms with Gasteiger partial charge in [0.05, 0.1) is 12.2 Å². The minimum absolute atomic E-state index is 0.0345. The van der Waals surface area contributed by atoms with Gasteiger partial charge in [0.2, 0.25) is 10.0 Å². The predicted molar refractivity (Wildman–Crippen MR) is 89.7 cm³/mol. The van der Waals surface area contributed by atoms with E-state index in [1.165, 1.54) is 24.3 Å². The van der Waals surface area contributed by atoms with Crippen molar-refractivity contribution in [2.45, 2.75) is 6.54 Å². The molecule has 0 aliphatic carbocycles. The van der Waals surface area contributed by atoms with Gasteiger partial charge < -0.3 is 10.6 Å². The Morgan fingerprint density at radius 3 is 2.40 bits per heavy atom. The van der Waals surface area contributed by atoms with Crippen molar-refractivity contribution in [3.63, 3.8) is 0 Å². The molecule has 9 heteroatoms. The van der Waals surface area contributed by atoms with Crippen LogP contribution >= 0.6 is 11.3 Å². The number of anilines is 1. The van der Waals surface area contributed by atoms with Gasteiger partial charge in [-0.2, -0.15) is 0 Å². The van der Waals surface area contributed by atoms with Gasteiger partial charge in [-0.1, -0.05) is 17.4 Å². The molecule has 0 fully saturated rings. The van der Waals surface area contributed by atoms with Crippen LogP contribution in [0.4, 0.5) is 10.1 Å². The number of hydrogen-bond acceptors (Lipinski definition) is 6. The maximum absolute atomic E-state index is 12.9. The van der Waals surface area contributed by atoms with Crippen LogP contribution in [0.5, 0.6) is 0 Å². The number of carbonyl (C=O) groups is 2. The summed E-state index contributed by atoms with van der Waals surface area (Å²) in [6.07, 6.45) is 1.63. The smallest absolute Gasteiger partial charge is 0.286 e. The fourth-order valence-electron chi connectivity index (χ4n) is 1.87. The zero-order valence-corrected chi connectivity index (χ0v) is 13.6. The normalized spacial score (nSPS) is 10.3. The van der Waals surface area contributed by atoms with Crippen molar-refractivity contribution in [3.05, 3.63) is 70.2 Å². The third-order valence-corrected chi connectivity index (χ3v) is 3.99. The number of rotatable bonds is 5. The third-order valence-electron chi connectivity index (χ3n) is 3.07.